The maximum absolute atomic E-state index is 12.6. The monoisotopic (exact) mass is 439 g/mol. The van der Waals surface area contributed by atoms with Crippen LogP contribution in [-0.2, 0) is 33.3 Å². The molecule has 0 aromatic heterocycles. The predicted octanol–water partition coefficient (Wildman–Crippen LogP) is 4.92. The van der Waals surface area contributed by atoms with Crippen molar-refractivity contribution < 1.29 is 37.3 Å². The highest BCUT2D eigenvalue weighted by Gasteiger charge is 2.30. The number of carbonyl (C=O) groups is 2. The Labute approximate surface area is 178 Å². The van der Waals surface area contributed by atoms with Gasteiger partial charge in [-0.2, -0.15) is 13.2 Å². The van der Waals surface area contributed by atoms with Crippen molar-refractivity contribution in [2.45, 2.75) is 45.1 Å². The number of ether oxygens (including phenoxy) is 2. The van der Waals surface area contributed by atoms with E-state index >= 15 is 0 Å². The fraction of sp³-hybridized carbons (Fsp3) is 0.364. The molecule has 0 aliphatic rings. The number of alkyl halides is 3. The quantitative estimate of drug-likeness (QED) is 0.580. The Balaban J connectivity index is 1.84. The molecule has 0 spiro atoms. The molecule has 1 unspecified atom stereocenters. The summed E-state index contributed by atoms with van der Waals surface area (Å²) in [4.78, 5) is 23.2. The lowest BCUT2D eigenvalue weighted by Gasteiger charge is -2.17. The highest BCUT2D eigenvalue weighted by Crippen LogP contribution is 2.29. The van der Waals surface area contributed by atoms with E-state index in [1.165, 1.54) is 0 Å². The molecule has 31 heavy (non-hydrogen) atoms. The molecule has 0 fully saturated rings. The van der Waals surface area contributed by atoms with Gasteiger partial charge in [-0.05, 0) is 49.2 Å². The van der Waals surface area contributed by atoms with Gasteiger partial charge in [0.05, 0.1) is 18.3 Å². The van der Waals surface area contributed by atoms with Gasteiger partial charge in [-0.1, -0.05) is 24.3 Å². The molecule has 0 saturated carbocycles. The van der Waals surface area contributed by atoms with Gasteiger partial charge in [-0.3, -0.25) is 5.32 Å². The number of carbonyl (C=O) groups excluding carboxylic acids is 1. The van der Waals surface area contributed by atoms with Gasteiger partial charge in [0, 0.05) is 18.5 Å². The maximum atomic E-state index is 12.6. The summed E-state index contributed by atoms with van der Waals surface area (Å²) in [5.74, 6) is -1.04. The van der Waals surface area contributed by atoms with Gasteiger partial charge < -0.3 is 14.6 Å². The molecular weight excluding hydrogens is 415 g/mol. The number of halogens is 3. The molecular formula is C22H24F3NO5. The number of anilines is 1. The minimum Gasteiger partial charge on any atom is -0.479 e. The number of aliphatic carboxylic acids is 1. The first-order chi connectivity index (χ1) is 14.5. The van der Waals surface area contributed by atoms with Gasteiger partial charge >= 0.3 is 18.2 Å². The summed E-state index contributed by atoms with van der Waals surface area (Å²) >= 11 is 0. The van der Waals surface area contributed by atoms with Gasteiger partial charge in [0.25, 0.3) is 0 Å². The van der Waals surface area contributed by atoms with Crippen molar-refractivity contribution in [3.05, 3.63) is 65.2 Å². The molecule has 9 heteroatoms. The Kier molecular flexibility index (Phi) is 8.44. The van der Waals surface area contributed by atoms with Crippen LogP contribution in [0.3, 0.4) is 0 Å². The van der Waals surface area contributed by atoms with Crippen LogP contribution in [0.1, 0.15) is 30.5 Å². The van der Waals surface area contributed by atoms with Crippen molar-refractivity contribution >= 4 is 17.7 Å². The SMILES string of the molecule is CC(C)OC(Cc1cccc(CCOC(=O)Nc2ccc(C(F)(F)F)cc2)c1)C(=O)O. The molecule has 0 saturated heterocycles. The molecule has 2 aromatic carbocycles. The zero-order valence-electron chi connectivity index (χ0n) is 17.1. The van der Waals surface area contributed by atoms with Crippen molar-refractivity contribution in [2.24, 2.45) is 0 Å². The Morgan fingerprint density at radius 1 is 1.06 bits per heavy atom. The summed E-state index contributed by atoms with van der Waals surface area (Å²) in [6.45, 7) is 3.57. The molecule has 2 aromatic rings. The molecule has 0 bridgehead atoms. The van der Waals surface area contributed by atoms with Crippen LogP contribution in [0, 0.1) is 0 Å². The smallest absolute Gasteiger partial charge is 0.416 e. The van der Waals surface area contributed by atoms with Crippen LogP contribution in [0.2, 0.25) is 0 Å². The summed E-state index contributed by atoms with van der Waals surface area (Å²) in [5.41, 5.74) is 0.994. The minimum atomic E-state index is -4.45. The minimum absolute atomic E-state index is 0.0424. The average Bonchev–Trinajstić information content (AvgIpc) is 2.67. The third kappa shape index (κ3) is 8.29. The second-order valence-corrected chi connectivity index (χ2v) is 7.12. The van der Waals surface area contributed by atoms with Crippen LogP contribution in [-0.4, -0.2) is 36.0 Å². The number of hydrogen-bond acceptors (Lipinski definition) is 4. The van der Waals surface area contributed by atoms with Gasteiger partial charge in [0.15, 0.2) is 6.10 Å². The molecule has 0 aliphatic heterocycles. The predicted molar refractivity (Wildman–Crippen MR) is 108 cm³/mol. The summed E-state index contributed by atoms with van der Waals surface area (Å²) in [6.07, 6.45) is -5.82. The standard InChI is InChI=1S/C22H24F3NO5/c1-14(2)31-19(20(27)28)13-16-5-3-4-15(12-16)10-11-30-21(29)26-18-8-6-17(7-9-18)22(23,24)25/h3-9,12,14,19H,10-11,13H2,1-2H3,(H,26,29)(H,27,28). The molecule has 1 amide bonds. The zero-order chi connectivity index (χ0) is 23.0. The Morgan fingerprint density at radius 3 is 2.29 bits per heavy atom. The third-order valence-electron chi connectivity index (χ3n) is 4.21. The van der Waals surface area contributed by atoms with Gasteiger partial charge in [-0.25, -0.2) is 9.59 Å². The highest BCUT2D eigenvalue weighted by molar-refractivity contribution is 5.84. The highest BCUT2D eigenvalue weighted by atomic mass is 19.4. The van der Waals surface area contributed by atoms with E-state index in [2.05, 4.69) is 5.32 Å². The molecule has 0 radical (unpaired) electrons. The third-order valence-corrected chi connectivity index (χ3v) is 4.21. The topological polar surface area (TPSA) is 84.9 Å². The largest absolute Gasteiger partial charge is 0.479 e. The number of benzene rings is 2. The molecule has 0 aliphatic carbocycles. The van der Waals surface area contributed by atoms with Gasteiger partial charge in [0.2, 0.25) is 0 Å². The van der Waals surface area contributed by atoms with Crippen molar-refractivity contribution in [2.75, 3.05) is 11.9 Å². The van der Waals surface area contributed by atoms with E-state index in [9.17, 15) is 27.9 Å². The lowest BCUT2D eigenvalue weighted by atomic mass is 10.0. The van der Waals surface area contributed by atoms with Crippen LogP contribution in [0.5, 0.6) is 0 Å². The molecule has 2 rings (SSSR count). The van der Waals surface area contributed by atoms with Crippen molar-refractivity contribution in [1.29, 1.82) is 0 Å². The number of hydrogen-bond donors (Lipinski definition) is 2. The van der Waals surface area contributed by atoms with E-state index in [4.69, 9.17) is 9.47 Å². The molecule has 6 nitrogen and oxygen atoms in total. The second kappa shape index (κ2) is 10.8. The van der Waals surface area contributed by atoms with Crippen LogP contribution >= 0.6 is 0 Å². The number of rotatable bonds is 9. The van der Waals surface area contributed by atoms with Gasteiger partial charge in [0.1, 0.15) is 0 Å². The van der Waals surface area contributed by atoms with E-state index in [1.807, 2.05) is 12.1 Å². The van der Waals surface area contributed by atoms with Crippen LogP contribution in [0.4, 0.5) is 23.7 Å². The summed E-state index contributed by atoms with van der Waals surface area (Å²) < 4.78 is 48.1. The van der Waals surface area contributed by atoms with Gasteiger partial charge in [-0.15, -0.1) is 0 Å². The Morgan fingerprint density at radius 2 is 1.71 bits per heavy atom. The Bertz CT molecular complexity index is 881. The molecule has 168 valence electrons. The normalized spacial score (nSPS) is 12.5. The first kappa shape index (κ1) is 24.2. The first-order valence-electron chi connectivity index (χ1n) is 9.61. The number of amides is 1. The van der Waals surface area contributed by atoms with Crippen LogP contribution < -0.4 is 5.32 Å². The second-order valence-electron chi connectivity index (χ2n) is 7.12. The van der Waals surface area contributed by atoms with Crippen molar-refractivity contribution in [3.63, 3.8) is 0 Å². The van der Waals surface area contributed by atoms with E-state index in [0.29, 0.717) is 6.42 Å². The molecule has 0 heterocycles. The summed E-state index contributed by atoms with van der Waals surface area (Å²) in [7, 11) is 0. The lowest BCUT2D eigenvalue weighted by molar-refractivity contribution is -0.153. The zero-order valence-corrected chi connectivity index (χ0v) is 17.1. The first-order valence-corrected chi connectivity index (χ1v) is 9.61. The Hall–Kier alpha value is -3.07. The van der Waals surface area contributed by atoms with E-state index in [-0.39, 0.29) is 24.8 Å². The van der Waals surface area contributed by atoms with Crippen LogP contribution in [0.25, 0.3) is 0 Å². The number of carboxylic acid groups (broad SMARTS) is 1. The fourth-order valence-electron chi connectivity index (χ4n) is 2.81. The van der Waals surface area contributed by atoms with Crippen molar-refractivity contribution in [3.8, 4) is 0 Å². The van der Waals surface area contributed by atoms with Crippen molar-refractivity contribution in [1.82, 2.24) is 0 Å². The molecule has 1 atom stereocenters. The lowest BCUT2D eigenvalue weighted by Crippen LogP contribution is -2.29. The summed E-state index contributed by atoms with van der Waals surface area (Å²) in [5, 5.41) is 11.7. The number of nitrogens with one attached hydrogen (secondary N) is 1. The number of carboxylic acids is 1. The maximum Gasteiger partial charge on any atom is 0.416 e. The fourth-order valence-corrected chi connectivity index (χ4v) is 2.81. The summed E-state index contributed by atoms with van der Waals surface area (Å²) in [6, 6.07) is 11.2. The van der Waals surface area contributed by atoms with Crippen LogP contribution in [0.15, 0.2) is 48.5 Å². The molecule has 2 N–H and O–H groups in total. The van der Waals surface area contributed by atoms with E-state index in [1.54, 1.807) is 26.0 Å². The average molecular weight is 439 g/mol. The van der Waals surface area contributed by atoms with E-state index < -0.39 is 29.9 Å². The van der Waals surface area contributed by atoms with E-state index in [0.717, 1.165) is 35.4 Å².